The van der Waals surface area contributed by atoms with E-state index in [9.17, 15) is 0 Å². The minimum absolute atomic E-state index is 0.841. The number of halogens is 1. The lowest BCUT2D eigenvalue weighted by atomic mass is 10.0. The summed E-state index contributed by atoms with van der Waals surface area (Å²) in [4.78, 5) is 0. The molecule has 3 rings (SSSR count). The van der Waals surface area contributed by atoms with Gasteiger partial charge < -0.3 is 0 Å². The van der Waals surface area contributed by atoms with Gasteiger partial charge in [0.05, 0.1) is 0 Å². The van der Waals surface area contributed by atoms with Crippen LogP contribution in [0.2, 0.25) is 0 Å². The average Bonchev–Trinajstić information content (AvgIpc) is 3.14. The molecule has 0 nitrogen and oxygen atoms in total. The van der Waals surface area contributed by atoms with Crippen molar-refractivity contribution < 1.29 is 0 Å². The maximum Gasteiger partial charge on any atom is 0.0253 e. The Kier molecular flexibility index (Phi) is 2.56. The van der Waals surface area contributed by atoms with Crippen molar-refractivity contribution in [3.8, 4) is 11.1 Å². The van der Waals surface area contributed by atoms with Crippen molar-refractivity contribution in [1.82, 2.24) is 0 Å². The fourth-order valence-corrected chi connectivity index (χ4v) is 2.56. The van der Waals surface area contributed by atoms with Crippen LogP contribution in [0.15, 0.2) is 53.0 Å². The highest BCUT2D eigenvalue weighted by Crippen LogP contribution is 2.40. The second-order valence-corrected chi connectivity index (χ2v) is 5.23. The number of hydrogen-bond donors (Lipinski definition) is 0. The first-order valence-corrected chi connectivity index (χ1v) is 6.49. The minimum Gasteiger partial charge on any atom is -0.0616 e. The predicted octanol–water partition coefficient (Wildman–Crippen LogP) is 4.99. The molecule has 80 valence electrons. The molecule has 1 heteroatoms. The Morgan fingerprint density at radius 2 is 1.56 bits per heavy atom. The Morgan fingerprint density at radius 3 is 2.19 bits per heavy atom. The maximum atomic E-state index is 3.59. The molecule has 0 bridgehead atoms. The van der Waals surface area contributed by atoms with Gasteiger partial charge in [0.1, 0.15) is 0 Å². The third-order valence-electron chi connectivity index (χ3n) is 3.14. The Hall–Kier alpha value is -1.08. The van der Waals surface area contributed by atoms with Crippen LogP contribution in [0.5, 0.6) is 0 Å². The molecule has 0 saturated heterocycles. The molecule has 1 saturated carbocycles. The van der Waals surface area contributed by atoms with Crippen LogP contribution >= 0.6 is 15.9 Å². The van der Waals surface area contributed by atoms with Crippen LogP contribution in [0, 0.1) is 0 Å². The molecule has 1 aliphatic carbocycles. The van der Waals surface area contributed by atoms with Crippen LogP contribution in [-0.2, 0) is 0 Å². The van der Waals surface area contributed by atoms with Crippen molar-refractivity contribution in [2.45, 2.75) is 18.8 Å². The average molecular weight is 273 g/mol. The maximum absolute atomic E-state index is 3.59. The standard InChI is InChI=1S/C15H13Br/c16-15-4-2-1-3-14(15)13-9-7-12(8-10-13)11-5-6-11/h1-4,7-11H,5-6H2. The van der Waals surface area contributed by atoms with Gasteiger partial charge in [-0.3, -0.25) is 0 Å². The highest BCUT2D eigenvalue weighted by molar-refractivity contribution is 9.10. The van der Waals surface area contributed by atoms with Gasteiger partial charge in [-0.2, -0.15) is 0 Å². The fraction of sp³-hybridized carbons (Fsp3) is 0.200. The van der Waals surface area contributed by atoms with Crippen molar-refractivity contribution in [2.24, 2.45) is 0 Å². The van der Waals surface area contributed by atoms with Gasteiger partial charge in [0, 0.05) is 4.47 Å². The van der Waals surface area contributed by atoms with Crippen molar-refractivity contribution in [1.29, 1.82) is 0 Å². The molecule has 0 aliphatic heterocycles. The summed E-state index contributed by atoms with van der Waals surface area (Å²) >= 11 is 3.59. The quantitative estimate of drug-likeness (QED) is 0.722. The first kappa shape index (κ1) is 10.1. The van der Waals surface area contributed by atoms with Gasteiger partial charge >= 0.3 is 0 Å². The molecule has 0 amide bonds. The summed E-state index contributed by atoms with van der Waals surface area (Å²) in [6.07, 6.45) is 2.74. The summed E-state index contributed by atoms with van der Waals surface area (Å²) in [6.45, 7) is 0. The summed E-state index contributed by atoms with van der Waals surface area (Å²) in [6, 6.07) is 17.4. The Morgan fingerprint density at radius 1 is 0.875 bits per heavy atom. The van der Waals surface area contributed by atoms with Crippen molar-refractivity contribution in [2.75, 3.05) is 0 Å². The molecular formula is C15H13Br. The molecule has 0 spiro atoms. The van der Waals surface area contributed by atoms with E-state index in [1.807, 2.05) is 6.07 Å². The number of benzene rings is 2. The smallest absolute Gasteiger partial charge is 0.0253 e. The van der Waals surface area contributed by atoms with Gasteiger partial charge in [-0.1, -0.05) is 58.4 Å². The molecule has 2 aromatic rings. The van der Waals surface area contributed by atoms with Crippen LogP contribution < -0.4 is 0 Å². The highest BCUT2D eigenvalue weighted by atomic mass is 79.9. The molecule has 0 heterocycles. The zero-order valence-electron chi connectivity index (χ0n) is 8.99. The van der Waals surface area contributed by atoms with E-state index in [0.29, 0.717) is 0 Å². The monoisotopic (exact) mass is 272 g/mol. The Balaban J connectivity index is 1.97. The molecule has 0 unspecified atom stereocenters. The lowest BCUT2D eigenvalue weighted by molar-refractivity contribution is 1.13. The van der Waals surface area contributed by atoms with Gasteiger partial charge in [0.15, 0.2) is 0 Å². The fourth-order valence-electron chi connectivity index (χ4n) is 2.05. The van der Waals surface area contributed by atoms with Crippen molar-refractivity contribution >= 4 is 15.9 Å². The molecule has 0 atom stereocenters. The molecule has 1 aliphatic rings. The molecule has 0 radical (unpaired) electrons. The first-order valence-electron chi connectivity index (χ1n) is 5.69. The van der Waals surface area contributed by atoms with E-state index in [2.05, 4.69) is 58.4 Å². The normalized spacial score (nSPS) is 15.1. The van der Waals surface area contributed by atoms with Gasteiger partial charge in [-0.05, 0) is 41.5 Å². The van der Waals surface area contributed by atoms with Gasteiger partial charge in [-0.15, -0.1) is 0 Å². The summed E-state index contributed by atoms with van der Waals surface area (Å²) in [7, 11) is 0. The van der Waals surface area contributed by atoms with Crippen LogP contribution in [0.25, 0.3) is 11.1 Å². The van der Waals surface area contributed by atoms with Crippen LogP contribution in [0.1, 0.15) is 24.3 Å². The van der Waals surface area contributed by atoms with E-state index in [0.717, 1.165) is 10.4 Å². The van der Waals surface area contributed by atoms with Crippen molar-refractivity contribution in [3.05, 3.63) is 58.6 Å². The van der Waals surface area contributed by atoms with Crippen LogP contribution in [0.4, 0.5) is 0 Å². The van der Waals surface area contributed by atoms with Gasteiger partial charge in [0.25, 0.3) is 0 Å². The molecule has 2 aromatic carbocycles. The van der Waals surface area contributed by atoms with E-state index >= 15 is 0 Å². The number of rotatable bonds is 2. The van der Waals surface area contributed by atoms with E-state index in [1.54, 1.807) is 0 Å². The second kappa shape index (κ2) is 4.06. The van der Waals surface area contributed by atoms with E-state index in [1.165, 1.54) is 29.5 Å². The Bertz CT molecular complexity index is 495. The lowest BCUT2D eigenvalue weighted by Gasteiger charge is -2.05. The van der Waals surface area contributed by atoms with Gasteiger partial charge in [0.2, 0.25) is 0 Å². The number of hydrogen-bond acceptors (Lipinski definition) is 0. The van der Waals surface area contributed by atoms with E-state index in [-0.39, 0.29) is 0 Å². The van der Waals surface area contributed by atoms with E-state index in [4.69, 9.17) is 0 Å². The van der Waals surface area contributed by atoms with Gasteiger partial charge in [-0.25, -0.2) is 0 Å². The van der Waals surface area contributed by atoms with Crippen LogP contribution in [-0.4, -0.2) is 0 Å². The van der Waals surface area contributed by atoms with Crippen LogP contribution in [0.3, 0.4) is 0 Å². The summed E-state index contributed by atoms with van der Waals surface area (Å²) < 4.78 is 1.16. The molecule has 0 aromatic heterocycles. The molecule has 1 fully saturated rings. The molecule has 16 heavy (non-hydrogen) atoms. The first-order chi connectivity index (χ1) is 7.84. The summed E-state index contributed by atoms with van der Waals surface area (Å²) in [5.41, 5.74) is 4.05. The predicted molar refractivity (Wildman–Crippen MR) is 71.6 cm³/mol. The zero-order chi connectivity index (χ0) is 11.0. The van der Waals surface area contributed by atoms with Crippen molar-refractivity contribution in [3.63, 3.8) is 0 Å². The third kappa shape index (κ3) is 1.92. The Labute approximate surface area is 104 Å². The lowest BCUT2D eigenvalue weighted by Crippen LogP contribution is -1.82. The zero-order valence-corrected chi connectivity index (χ0v) is 10.6. The largest absolute Gasteiger partial charge is 0.0616 e. The third-order valence-corrected chi connectivity index (χ3v) is 3.84. The highest BCUT2D eigenvalue weighted by Gasteiger charge is 2.22. The summed E-state index contributed by atoms with van der Waals surface area (Å²) in [5, 5.41) is 0. The topological polar surface area (TPSA) is 0 Å². The summed E-state index contributed by atoms with van der Waals surface area (Å²) in [5.74, 6) is 0.841. The second-order valence-electron chi connectivity index (χ2n) is 4.38. The van der Waals surface area contributed by atoms with E-state index < -0.39 is 0 Å². The molecular weight excluding hydrogens is 260 g/mol. The molecule has 0 N–H and O–H groups in total. The SMILES string of the molecule is Brc1ccccc1-c1ccc(C2CC2)cc1. The minimum atomic E-state index is 0.841.